The van der Waals surface area contributed by atoms with Crippen molar-refractivity contribution in [3.05, 3.63) is 23.9 Å². The van der Waals surface area contributed by atoms with Crippen LogP contribution >= 0.6 is 0 Å². The summed E-state index contributed by atoms with van der Waals surface area (Å²) in [6.45, 7) is -0.656. The van der Waals surface area contributed by atoms with Gasteiger partial charge < -0.3 is 10.6 Å². The normalized spacial score (nSPS) is 10.1. The first kappa shape index (κ1) is 11.4. The summed E-state index contributed by atoms with van der Waals surface area (Å²) < 4.78 is 23.7. The second-order valence-corrected chi connectivity index (χ2v) is 2.75. The molecule has 0 spiro atoms. The molecule has 0 aliphatic rings. The highest BCUT2D eigenvalue weighted by atomic mass is 19.3. The van der Waals surface area contributed by atoms with Crippen LogP contribution in [0.3, 0.4) is 0 Å². The monoisotopic (exact) mass is 215 g/mol. The van der Waals surface area contributed by atoms with Gasteiger partial charge in [-0.25, -0.2) is 13.8 Å². The predicted molar refractivity (Wildman–Crippen MR) is 52.1 cm³/mol. The Hall–Kier alpha value is -1.72. The number of amides is 1. The lowest BCUT2D eigenvalue weighted by atomic mass is 10.2. The van der Waals surface area contributed by atoms with Crippen LogP contribution in [0.4, 0.5) is 14.6 Å². The van der Waals surface area contributed by atoms with Crippen LogP contribution in [0.2, 0.25) is 0 Å². The summed E-state index contributed by atoms with van der Waals surface area (Å²) in [6, 6.07) is 3.08. The van der Waals surface area contributed by atoms with Gasteiger partial charge in [0, 0.05) is 13.2 Å². The molecular weight excluding hydrogens is 204 g/mol. The van der Waals surface area contributed by atoms with E-state index in [-0.39, 0.29) is 5.56 Å². The molecule has 0 aliphatic heterocycles. The Morgan fingerprint density at radius 3 is 2.93 bits per heavy atom. The van der Waals surface area contributed by atoms with E-state index in [2.05, 4.69) is 15.6 Å². The van der Waals surface area contributed by atoms with Gasteiger partial charge in [-0.1, -0.05) is 0 Å². The van der Waals surface area contributed by atoms with Crippen LogP contribution in [0.15, 0.2) is 18.3 Å². The molecule has 1 rings (SSSR count). The van der Waals surface area contributed by atoms with Gasteiger partial charge in [0.2, 0.25) is 0 Å². The topological polar surface area (TPSA) is 54.0 Å². The third-order valence-electron chi connectivity index (χ3n) is 1.71. The molecule has 0 atom stereocenters. The highest BCUT2D eigenvalue weighted by molar-refractivity contribution is 5.98. The number of halogens is 2. The van der Waals surface area contributed by atoms with Crippen molar-refractivity contribution >= 4 is 11.7 Å². The molecule has 0 saturated carbocycles. The number of pyridine rings is 1. The molecule has 82 valence electrons. The molecule has 1 aromatic heterocycles. The Labute approximate surface area is 85.7 Å². The van der Waals surface area contributed by atoms with Crippen LogP contribution < -0.4 is 10.6 Å². The zero-order valence-electron chi connectivity index (χ0n) is 8.13. The van der Waals surface area contributed by atoms with Gasteiger partial charge in [-0.15, -0.1) is 0 Å². The minimum Gasteiger partial charge on any atom is -0.372 e. The number of nitrogens with one attached hydrogen (secondary N) is 2. The molecule has 4 nitrogen and oxygen atoms in total. The van der Waals surface area contributed by atoms with Crippen molar-refractivity contribution < 1.29 is 13.6 Å². The van der Waals surface area contributed by atoms with E-state index in [1.54, 1.807) is 13.1 Å². The summed E-state index contributed by atoms with van der Waals surface area (Å²) in [6.07, 6.45) is -1.04. The predicted octanol–water partition coefficient (Wildman–Crippen LogP) is 1.12. The van der Waals surface area contributed by atoms with E-state index in [4.69, 9.17) is 0 Å². The molecule has 0 fully saturated rings. The Bertz CT molecular complexity index is 344. The lowest BCUT2D eigenvalue weighted by molar-refractivity contribution is 0.0892. The quantitative estimate of drug-likeness (QED) is 0.791. The zero-order valence-corrected chi connectivity index (χ0v) is 8.13. The molecule has 0 saturated heterocycles. The Kier molecular flexibility index (Phi) is 3.96. The molecule has 0 bridgehead atoms. The van der Waals surface area contributed by atoms with Gasteiger partial charge in [0.25, 0.3) is 12.3 Å². The Balaban J connectivity index is 2.72. The fourth-order valence-corrected chi connectivity index (χ4v) is 1.05. The average molecular weight is 215 g/mol. The summed E-state index contributed by atoms with van der Waals surface area (Å²) in [5, 5.41) is 4.81. The van der Waals surface area contributed by atoms with E-state index < -0.39 is 18.9 Å². The van der Waals surface area contributed by atoms with E-state index >= 15 is 0 Å². The van der Waals surface area contributed by atoms with Crippen molar-refractivity contribution in [2.24, 2.45) is 0 Å². The lowest BCUT2D eigenvalue weighted by Gasteiger charge is -2.07. The SMILES string of the molecule is CNc1ncccc1C(=O)NCC(F)F. The zero-order chi connectivity index (χ0) is 11.3. The first-order valence-corrected chi connectivity index (χ1v) is 4.34. The number of aromatic nitrogens is 1. The largest absolute Gasteiger partial charge is 0.372 e. The lowest BCUT2D eigenvalue weighted by Crippen LogP contribution is -2.29. The molecule has 0 aliphatic carbocycles. The molecule has 0 radical (unpaired) electrons. The average Bonchev–Trinajstić information content (AvgIpc) is 2.25. The van der Waals surface area contributed by atoms with Crippen molar-refractivity contribution in [1.82, 2.24) is 10.3 Å². The maximum Gasteiger partial charge on any atom is 0.255 e. The third kappa shape index (κ3) is 3.16. The van der Waals surface area contributed by atoms with Crippen LogP contribution in [-0.2, 0) is 0 Å². The third-order valence-corrected chi connectivity index (χ3v) is 1.71. The number of carbonyl (C=O) groups is 1. The van der Waals surface area contributed by atoms with Gasteiger partial charge in [-0.3, -0.25) is 4.79 Å². The smallest absolute Gasteiger partial charge is 0.255 e. The molecule has 1 aromatic rings. The van der Waals surface area contributed by atoms with Crippen LogP contribution in [-0.4, -0.2) is 30.9 Å². The van der Waals surface area contributed by atoms with Gasteiger partial charge in [-0.2, -0.15) is 0 Å². The molecule has 1 amide bonds. The fraction of sp³-hybridized carbons (Fsp3) is 0.333. The van der Waals surface area contributed by atoms with E-state index in [9.17, 15) is 13.6 Å². The second-order valence-electron chi connectivity index (χ2n) is 2.75. The number of alkyl halides is 2. The number of anilines is 1. The highest BCUT2D eigenvalue weighted by Gasteiger charge is 2.12. The van der Waals surface area contributed by atoms with E-state index in [1.165, 1.54) is 12.3 Å². The first-order valence-electron chi connectivity index (χ1n) is 4.34. The van der Waals surface area contributed by atoms with Crippen molar-refractivity contribution in [3.8, 4) is 0 Å². The first-order chi connectivity index (χ1) is 7.15. The molecule has 6 heteroatoms. The number of hydrogen-bond acceptors (Lipinski definition) is 3. The van der Waals surface area contributed by atoms with Crippen molar-refractivity contribution in [2.75, 3.05) is 18.9 Å². The van der Waals surface area contributed by atoms with Crippen molar-refractivity contribution in [3.63, 3.8) is 0 Å². The van der Waals surface area contributed by atoms with Gasteiger partial charge in [0.15, 0.2) is 0 Å². The maximum absolute atomic E-state index is 11.8. The minimum absolute atomic E-state index is 0.251. The van der Waals surface area contributed by atoms with Crippen LogP contribution in [0.1, 0.15) is 10.4 Å². The molecule has 0 unspecified atom stereocenters. The molecule has 2 N–H and O–H groups in total. The van der Waals surface area contributed by atoms with Gasteiger partial charge >= 0.3 is 0 Å². The summed E-state index contributed by atoms with van der Waals surface area (Å²) in [5.74, 6) is -0.197. The minimum atomic E-state index is -2.55. The Morgan fingerprint density at radius 2 is 2.33 bits per heavy atom. The van der Waals surface area contributed by atoms with Crippen molar-refractivity contribution in [2.45, 2.75) is 6.43 Å². The standard InChI is InChI=1S/C9H11F2N3O/c1-12-8-6(3-2-4-13-8)9(15)14-5-7(10)11/h2-4,7H,5H2,1H3,(H,12,13)(H,14,15). The molecule has 1 heterocycles. The molecule has 15 heavy (non-hydrogen) atoms. The summed E-state index contributed by atoms with van der Waals surface area (Å²) in [4.78, 5) is 15.3. The van der Waals surface area contributed by atoms with E-state index in [0.29, 0.717) is 5.82 Å². The highest BCUT2D eigenvalue weighted by Crippen LogP contribution is 2.09. The Morgan fingerprint density at radius 1 is 1.60 bits per heavy atom. The summed E-state index contributed by atoms with van der Waals surface area (Å²) in [5.41, 5.74) is 0.251. The van der Waals surface area contributed by atoms with Gasteiger partial charge in [0.05, 0.1) is 12.1 Å². The summed E-state index contributed by atoms with van der Waals surface area (Å²) >= 11 is 0. The van der Waals surface area contributed by atoms with Gasteiger partial charge in [0.1, 0.15) is 5.82 Å². The van der Waals surface area contributed by atoms with Crippen LogP contribution in [0.25, 0.3) is 0 Å². The number of rotatable bonds is 4. The fourth-order valence-electron chi connectivity index (χ4n) is 1.05. The number of nitrogens with zero attached hydrogens (tertiary/aromatic N) is 1. The van der Waals surface area contributed by atoms with Gasteiger partial charge in [-0.05, 0) is 12.1 Å². The number of carbonyl (C=O) groups excluding carboxylic acids is 1. The van der Waals surface area contributed by atoms with Crippen molar-refractivity contribution in [1.29, 1.82) is 0 Å². The molecule has 0 aromatic carbocycles. The van der Waals surface area contributed by atoms with Crippen LogP contribution in [0, 0.1) is 0 Å². The molecular formula is C9H11F2N3O. The second kappa shape index (κ2) is 5.23. The maximum atomic E-state index is 11.8. The van der Waals surface area contributed by atoms with E-state index in [0.717, 1.165) is 0 Å². The number of hydrogen-bond donors (Lipinski definition) is 2. The van der Waals surface area contributed by atoms with Crippen LogP contribution in [0.5, 0.6) is 0 Å². The summed E-state index contributed by atoms with van der Waals surface area (Å²) in [7, 11) is 1.60. The van der Waals surface area contributed by atoms with E-state index in [1.807, 2.05) is 0 Å².